The third-order valence-corrected chi connectivity index (χ3v) is 6.79. The van der Waals surface area contributed by atoms with E-state index in [0.717, 1.165) is 16.6 Å². The standard InChI is InChI=1S/C19H21FN2O3S2/c1-3-25-19-9-8-17(12-18(19)20)27(23,24)22(14-16-7-5-11-26-16)13-15-6-4-10-21(15)2/h4-12H,3,13-14H2,1-2H3. The number of ether oxygens (including phenoxy) is 1. The number of thiophene rings is 1. The zero-order valence-corrected chi connectivity index (χ0v) is 16.8. The summed E-state index contributed by atoms with van der Waals surface area (Å²) in [5, 5.41) is 1.90. The molecule has 0 spiro atoms. The molecule has 2 aromatic heterocycles. The van der Waals surface area contributed by atoms with Crippen molar-refractivity contribution < 1.29 is 17.5 Å². The van der Waals surface area contributed by atoms with Crippen LogP contribution < -0.4 is 4.74 Å². The van der Waals surface area contributed by atoms with Crippen LogP contribution in [0.5, 0.6) is 5.75 Å². The van der Waals surface area contributed by atoms with E-state index >= 15 is 0 Å². The molecular formula is C19H21FN2O3S2. The Morgan fingerprint density at radius 3 is 2.59 bits per heavy atom. The molecule has 0 unspecified atom stereocenters. The van der Waals surface area contributed by atoms with Crippen molar-refractivity contribution in [1.82, 2.24) is 8.87 Å². The maximum atomic E-state index is 14.2. The van der Waals surface area contributed by atoms with Crippen molar-refractivity contribution in [2.24, 2.45) is 7.05 Å². The summed E-state index contributed by atoms with van der Waals surface area (Å²) in [4.78, 5) is 0.827. The number of aryl methyl sites for hydroxylation is 1. The molecule has 0 atom stereocenters. The van der Waals surface area contributed by atoms with Gasteiger partial charge in [-0.2, -0.15) is 4.31 Å². The predicted molar refractivity (Wildman–Crippen MR) is 104 cm³/mol. The highest BCUT2D eigenvalue weighted by Gasteiger charge is 2.27. The minimum absolute atomic E-state index is 0.0451. The molecule has 0 aliphatic carbocycles. The number of nitrogens with zero attached hydrogens (tertiary/aromatic N) is 2. The van der Waals surface area contributed by atoms with E-state index in [4.69, 9.17) is 4.74 Å². The molecule has 5 nitrogen and oxygen atoms in total. The molecule has 0 radical (unpaired) electrons. The van der Waals surface area contributed by atoms with Gasteiger partial charge in [0.1, 0.15) is 0 Å². The number of hydrogen-bond donors (Lipinski definition) is 0. The largest absolute Gasteiger partial charge is 0.491 e. The van der Waals surface area contributed by atoms with E-state index in [1.807, 2.05) is 47.5 Å². The van der Waals surface area contributed by atoms with Crippen molar-refractivity contribution in [3.63, 3.8) is 0 Å². The Balaban J connectivity index is 1.96. The van der Waals surface area contributed by atoms with Gasteiger partial charge in [-0.05, 0) is 48.7 Å². The van der Waals surface area contributed by atoms with Crippen LogP contribution in [-0.4, -0.2) is 23.9 Å². The molecule has 2 heterocycles. The van der Waals surface area contributed by atoms with Gasteiger partial charge in [-0.1, -0.05) is 6.07 Å². The van der Waals surface area contributed by atoms with Crippen molar-refractivity contribution in [3.05, 3.63) is 70.4 Å². The topological polar surface area (TPSA) is 51.5 Å². The Morgan fingerprint density at radius 1 is 1.19 bits per heavy atom. The molecule has 0 aliphatic rings. The molecule has 0 saturated heterocycles. The van der Waals surface area contributed by atoms with Gasteiger partial charge in [-0.3, -0.25) is 0 Å². The molecule has 0 fully saturated rings. The second-order valence-corrected chi connectivity index (χ2v) is 8.96. The van der Waals surface area contributed by atoms with E-state index in [0.29, 0.717) is 6.61 Å². The lowest BCUT2D eigenvalue weighted by atomic mass is 10.3. The van der Waals surface area contributed by atoms with Crippen LogP contribution in [0.4, 0.5) is 4.39 Å². The molecule has 3 rings (SSSR count). The highest BCUT2D eigenvalue weighted by atomic mass is 32.2. The zero-order chi connectivity index (χ0) is 19.4. The van der Waals surface area contributed by atoms with Crippen molar-refractivity contribution >= 4 is 21.4 Å². The van der Waals surface area contributed by atoms with Gasteiger partial charge in [0.25, 0.3) is 0 Å². The summed E-state index contributed by atoms with van der Waals surface area (Å²) in [6, 6.07) is 11.3. The van der Waals surface area contributed by atoms with Crippen LogP contribution in [0, 0.1) is 5.82 Å². The number of rotatable bonds is 8. The minimum atomic E-state index is -3.89. The molecule has 0 bridgehead atoms. The van der Waals surface area contributed by atoms with Gasteiger partial charge < -0.3 is 9.30 Å². The second kappa shape index (κ2) is 8.24. The average Bonchev–Trinajstić information content (AvgIpc) is 3.28. The Kier molecular flexibility index (Phi) is 5.98. The Bertz CT molecular complexity index is 998. The number of aromatic nitrogens is 1. The molecule has 0 saturated carbocycles. The van der Waals surface area contributed by atoms with Crippen LogP contribution in [0.25, 0.3) is 0 Å². The molecule has 1 aromatic carbocycles. The predicted octanol–water partition coefficient (Wildman–Crippen LogP) is 4.02. The van der Waals surface area contributed by atoms with Gasteiger partial charge in [0.15, 0.2) is 11.6 Å². The fraction of sp³-hybridized carbons (Fsp3) is 0.263. The molecule has 27 heavy (non-hydrogen) atoms. The van der Waals surface area contributed by atoms with Crippen LogP contribution in [-0.2, 0) is 30.2 Å². The molecule has 8 heteroatoms. The van der Waals surface area contributed by atoms with Gasteiger partial charge in [-0.15, -0.1) is 11.3 Å². The van der Waals surface area contributed by atoms with E-state index in [1.165, 1.54) is 27.8 Å². The fourth-order valence-corrected chi connectivity index (χ4v) is 4.91. The fourth-order valence-electron chi connectivity index (χ4n) is 2.71. The SMILES string of the molecule is CCOc1ccc(S(=O)(=O)N(Cc2cccs2)Cc2cccn2C)cc1F. The molecule has 0 aliphatic heterocycles. The number of benzene rings is 1. The van der Waals surface area contributed by atoms with Gasteiger partial charge in [0.05, 0.1) is 18.0 Å². The normalized spacial score (nSPS) is 11.9. The summed E-state index contributed by atoms with van der Waals surface area (Å²) in [5.41, 5.74) is 0.849. The van der Waals surface area contributed by atoms with Crippen LogP contribution in [0.1, 0.15) is 17.5 Å². The van der Waals surface area contributed by atoms with Crippen LogP contribution in [0.3, 0.4) is 0 Å². The smallest absolute Gasteiger partial charge is 0.243 e. The first-order chi connectivity index (χ1) is 12.9. The summed E-state index contributed by atoms with van der Waals surface area (Å²) >= 11 is 1.48. The summed E-state index contributed by atoms with van der Waals surface area (Å²) in [6.45, 7) is 2.46. The Hall–Kier alpha value is -2.16. The third kappa shape index (κ3) is 4.40. The van der Waals surface area contributed by atoms with Gasteiger partial charge in [-0.25, -0.2) is 12.8 Å². The van der Waals surface area contributed by atoms with Crippen molar-refractivity contribution in [1.29, 1.82) is 0 Å². The summed E-state index contributed by atoms with van der Waals surface area (Å²) < 4.78 is 49.1. The van der Waals surface area contributed by atoms with Crippen molar-refractivity contribution in [2.75, 3.05) is 6.61 Å². The molecule has 0 amide bonds. The van der Waals surface area contributed by atoms with E-state index < -0.39 is 15.8 Å². The molecule has 0 N–H and O–H groups in total. The summed E-state index contributed by atoms with van der Waals surface area (Å²) in [6.07, 6.45) is 1.86. The lowest BCUT2D eigenvalue weighted by Gasteiger charge is -2.22. The Labute approximate surface area is 162 Å². The molecule has 3 aromatic rings. The van der Waals surface area contributed by atoms with Crippen LogP contribution in [0.15, 0.2) is 58.9 Å². The van der Waals surface area contributed by atoms with E-state index in [2.05, 4.69) is 0 Å². The number of sulfonamides is 1. The Morgan fingerprint density at radius 2 is 2.00 bits per heavy atom. The second-order valence-electron chi connectivity index (χ2n) is 5.99. The number of hydrogen-bond acceptors (Lipinski definition) is 4. The van der Waals surface area contributed by atoms with Gasteiger partial charge in [0.2, 0.25) is 10.0 Å². The van der Waals surface area contributed by atoms with E-state index in [9.17, 15) is 12.8 Å². The summed E-state index contributed by atoms with van der Waals surface area (Å²) in [5.74, 6) is -0.642. The first-order valence-electron chi connectivity index (χ1n) is 8.47. The molecule has 144 valence electrons. The lowest BCUT2D eigenvalue weighted by molar-refractivity contribution is 0.321. The van der Waals surface area contributed by atoms with Crippen LogP contribution >= 0.6 is 11.3 Å². The van der Waals surface area contributed by atoms with E-state index in [-0.39, 0.29) is 23.7 Å². The monoisotopic (exact) mass is 408 g/mol. The zero-order valence-electron chi connectivity index (χ0n) is 15.1. The lowest BCUT2D eigenvalue weighted by Crippen LogP contribution is -2.30. The van der Waals surface area contributed by atoms with Gasteiger partial charge in [0, 0.05) is 30.4 Å². The van der Waals surface area contributed by atoms with Gasteiger partial charge >= 0.3 is 0 Å². The van der Waals surface area contributed by atoms with Crippen molar-refractivity contribution in [2.45, 2.75) is 24.9 Å². The highest BCUT2D eigenvalue weighted by molar-refractivity contribution is 7.89. The first-order valence-corrected chi connectivity index (χ1v) is 10.8. The van der Waals surface area contributed by atoms with E-state index in [1.54, 1.807) is 6.92 Å². The third-order valence-electron chi connectivity index (χ3n) is 4.14. The van der Waals surface area contributed by atoms with Crippen LogP contribution in [0.2, 0.25) is 0 Å². The maximum absolute atomic E-state index is 14.2. The quantitative estimate of drug-likeness (QED) is 0.566. The maximum Gasteiger partial charge on any atom is 0.243 e. The average molecular weight is 409 g/mol. The minimum Gasteiger partial charge on any atom is -0.491 e. The molecular weight excluding hydrogens is 387 g/mol. The first kappa shape index (κ1) is 19.6. The highest BCUT2D eigenvalue weighted by Crippen LogP contribution is 2.26. The number of halogens is 1. The summed E-state index contributed by atoms with van der Waals surface area (Å²) in [7, 11) is -2.03. The van der Waals surface area contributed by atoms with Crippen molar-refractivity contribution in [3.8, 4) is 5.75 Å².